The van der Waals surface area contributed by atoms with E-state index in [4.69, 9.17) is 19.0 Å². The maximum atomic E-state index is 17.0. The molecule has 0 saturated carbocycles. The Hall–Kier alpha value is -7.92. The number of aldehydes is 1. The Labute approximate surface area is 495 Å². The van der Waals surface area contributed by atoms with E-state index < -0.39 is 63.6 Å². The van der Waals surface area contributed by atoms with E-state index in [0.29, 0.717) is 70.9 Å². The molecule has 7 rings (SSSR count). The summed E-state index contributed by atoms with van der Waals surface area (Å²) in [5.41, 5.74) is 2.35. The summed E-state index contributed by atoms with van der Waals surface area (Å²) >= 11 is 1.32. The predicted octanol–water partition coefficient (Wildman–Crippen LogP) is 7.39. The number of likely N-dealkylation sites (N-methyl/N-ethyl adjacent to an activating group) is 1. The van der Waals surface area contributed by atoms with Gasteiger partial charge in [-0.05, 0) is 112 Å². The molecule has 2 unspecified atom stereocenters. The van der Waals surface area contributed by atoms with Crippen LogP contribution < -0.4 is 20.1 Å². The molecule has 5 heterocycles. The van der Waals surface area contributed by atoms with E-state index in [0.717, 1.165) is 44.1 Å². The largest absolute Gasteiger partial charge is 0.737 e. The monoisotopic (exact) mass is 1220 g/mol. The average molecular weight is 1220 g/mol. The first-order valence-electron chi connectivity index (χ1n) is 27.7. The lowest BCUT2D eigenvalue weighted by Gasteiger charge is -2.31. The zero-order chi connectivity index (χ0) is 61.8. The van der Waals surface area contributed by atoms with Crippen molar-refractivity contribution in [3.63, 3.8) is 0 Å². The van der Waals surface area contributed by atoms with E-state index in [1.807, 2.05) is 4.90 Å². The lowest BCUT2D eigenvalue weighted by Crippen LogP contribution is -2.50. The first kappa shape index (κ1) is 64.6. The first-order chi connectivity index (χ1) is 40.2. The smallest absolute Gasteiger partial charge is 0.494 e. The SMILES string of the molecule is CC1=CC(/C=C/c2ccc(OCCCC(=O)NC(CCCC[N+](C)(C)C)C(=O)NCCN(C)CCOc3cc([N+](=O)[O-])c(C(C)OC(=O)ON4C(=O)CCC4=O)cc3C=O)cc2)=[N+]2C1=Cc1c(CCCS(=O)(=O)O)cc(-c3cccs3)n1[B-]2(F)F. The molecular formula is C57H70BF2N8O15S2+. The number of quaternary nitrogens is 1. The molecule has 2 atom stereocenters. The van der Waals surface area contributed by atoms with Gasteiger partial charge in [0.15, 0.2) is 17.7 Å². The molecular weight excluding hydrogens is 1150 g/mol. The van der Waals surface area contributed by atoms with Gasteiger partial charge in [-0.2, -0.15) is 8.42 Å². The van der Waals surface area contributed by atoms with Crippen LogP contribution in [0.5, 0.6) is 11.5 Å². The van der Waals surface area contributed by atoms with Gasteiger partial charge in [0.2, 0.25) is 11.8 Å². The highest BCUT2D eigenvalue weighted by atomic mass is 32.2. The Kier molecular flexibility index (Phi) is 21.5. The van der Waals surface area contributed by atoms with Gasteiger partial charge in [0, 0.05) is 79.0 Å². The Morgan fingerprint density at radius 3 is 2.38 bits per heavy atom. The maximum absolute atomic E-state index is 17.0. The zero-order valence-electron chi connectivity index (χ0n) is 48.1. The third-order valence-electron chi connectivity index (χ3n) is 14.2. The molecule has 4 aromatic rings. The van der Waals surface area contributed by atoms with E-state index >= 15 is 8.63 Å². The standard InChI is InChI=1S/C57H69BF2N8O15S2/c1-38-32-43(64-47(38)35-48-41(12-11-31-85(77,78)79)34-50(52-14-10-30-84-52)65(48)58(64,59)60)19-16-40-17-20-44(21-18-40)80-28-9-15-53(70)62-46(13-7-8-27-68(4,5)6)56(73)61-24-25-63(3)26-29-81-51-36-49(67(75)76)45(33-42(51)37-69)39(2)82-57(74)83-66-54(71)22-23-55(66)72/h10,14,16-21,30,32-37,39,46H,7-9,11-13,15,22-29,31H2,1-6H3,(H2-,61,62,70,73,77,78,79)/p+1/b19-16+. The number of halogens is 2. The van der Waals surface area contributed by atoms with E-state index in [1.165, 1.54) is 18.3 Å². The zero-order valence-corrected chi connectivity index (χ0v) is 49.8. The van der Waals surface area contributed by atoms with Crippen LogP contribution in [0, 0.1) is 10.1 Å². The highest BCUT2D eigenvalue weighted by Crippen LogP contribution is 2.42. The number of allylic oxidation sites excluding steroid dienone is 3. The number of imide groups is 1. The van der Waals surface area contributed by atoms with Crippen molar-refractivity contribution in [1.82, 2.24) is 25.1 Å². The normalized spacial score (nSPS) is 15.5. The fourth-order valence-corrected chi connectivity index (χ4v) is 11.1. The van der Waals surface area contributed by atoms with Gasteiger partial charge in [0.05, 0.1) is 62.2 Å². The Bertz CT molecular complexity index is 3400. The fourth-order valence-electron chi connectivity index (χ4n) is 9.88. The molecule has 3 aliphatic heterocycles. The molecule has 2 aromatic carbocycles. The molecule has 1 fully saturated rings. The van der Waals surface area contributed by atoms with Crippen LogP contribution in [-0.4, -0.2) is 169 Å². The molecule has 2 aromatic heterocycles. The fraction of sp³-hybridized carbons (Fsp3) is 0.421. The number of rotatable bonds is 31. The molecule has 28 heteroatoms. The number of carbonyl (C=O) groups is 6. The number of nitro groups is 1. The first-order valence-corrected chi connectivity index (χ1v) is 30.2. The van der Waals surface area contributed by atoms with Gasteiger partial charge in [-0.15, -0.1) is 11.3 Å². The number of carbonyl (C=O) groups excluding carboxylic acids is 6. The number of ether oxygens (including phenoxy) is 3. The van der Waals surface area contributed by atoms with Crippen LogP contribution in [0.1, 0.15) is 104 Å². The average Bonchev–Trinajstić information content (AvgIpc) is 1.73. The number of aromatic nitrogens is 1. The second kappa shape index (κ2) is 28.3. The summed E-state index contributed by atoms with van der Waals surface area (Å²) in [4.78, 5) is 93.3. The summed E-state index contributed by atoms with van der Waals surface area (Å²) in [5, 5.41) is 19.9. The van der Waals surface area contributed by atoms with Gasteiger partial charge in [-0.1, -0.05) is 23.3 Å². The van der Waals surface area contributed by atoms with E-state index in [-0.39, 0.29) is 97.9 Å². The van der Waals surface area contributed by atoms with Gasteiger partial charge in [0.1, 0.15) is 30.3 Å². The van der Waals surface area contributed by atoms with Gasteiger partial charge >= 0.3 is 13.1 Å². The number of nitro benzene ring substituents is 1. The van der Waals surface area contributed by atoms with Crippen molar-refractivity contribution in [1.29, 1.82) is 0 Å². The minimum Gasteiger partial charge on any atom is -0.494 e. The molecule has 0 spiro atoms. The van der Waals surface area contributed by atoms with E-state index in [2.05, 4.69) is 31.8 Å². The van der Waals surface area contributed by atoms with E-state index in [9.17, 15) is 51.9 Å². The van der Waals surface area contributed by atoms with Crippen molar-refractivity contribution >= 4 is 88.0 Å². The van der Waals surface area contributed by atoms with Crippen LogP contribution in [0.15, 0.2) is 83.4 Å². The molecule has 4 amide bonds. The number of hydroxylamine groups is 2. The topological polar surface area (TPSA) is 275 Å². The molecule has 23 nitrogen and oxygen atoms in total. The summed E-state index contributed by atoms with van der Waals surface area (Å²) in [7, 11) is 3.74. The molecule has 0 bridgehead atoms. The molecule has 1 saturated heterocycles. The van der Waals surface area contributed by atoms with Gasteiger partial charge < -0.3 is 51.8 Å². The van der Waals surface area contributed by atoms with Gasteiger partial charge in [-0.25, -0.2) is 4.79 Å². The molecule has 85 heavy (non-hydrogen) atoms. The van der Waals surface area contributed by atoms with Crippen LogP contribution in [0.25, 0.3) is 22.7 Å². The van der Waals surface area contributed by atoms with Crippen LogP contribution in [0.4, 0.5) is 19.1 Å². The summed E-state index contributed by atoms with van der Waals surface area (Å²) in [6, 6.07) is 13.6. The summed E-state index contributed by atoms with van der Waals surface area (Å²) in [5.74, 6) is -2.25. The van der Waals surface area contributed by atoms with E-state index in [1.54, 1.807) is 86.1 Å². The minimum absolute atomic E-state index is 0.0238. The molecule has 3 aliphatic rings. The number of aryl methyl sites for hydroxylation is 1. The number of hydrogen-bond acceptors (Lipinski definition) is 16. The number of fused-ring (bicyclic) bond motifs is 2. The molecule has 3 N–H and O–H groups in total. The molecule has 0 aliphatic carbocycles. The maximum Gasteiger partial charge on any atom is 0.737 e. The van der Waals surface area contributed by atoms with Crippen molar-refractivity contribution in [2.45, 2.75) is 83.8 Å². The number of hydrogen-bond donors (Lipinski definition) is 3. The number of unbranched alkanes of at least 4 members (excludes halogenated alkanes) is 1. The highest BCUT2D eigenvalue weighted by Gasteiger charge is 2.54. The van der Waals surface area contributed by atoms with Crippen LogP contribution in [0.2, 0.25) is 0 Å². The summed E-state index contributed by atoms with van der Waals surface area (Å²) in [6.45, 7) is 0.474. The van der Waals surface area contributed by atoms with Gasteiger partial charge in [-0.3, -0.25) is 43.5 Å². The number of thiophene rings is 1. The summed E-state index contributed by atoms with van der Waals surface area (Å²) < 4.78 is 85.8. The number of benzene rings is 2. The van der Waals surface area contributed by atoms with Crippen LogP contribution in [0.3, 0.4) is 0 Å². The third kappa shape index (κ3) is 17.4. The Morgan fingerprint density at radius 2 is 1.72 bits per heavy atom. The second-order valence-electron chi connectivity index (χ2n) is 21.9. The lowest BCUT2D eigenvalue weighted by molar-refractivity contribution is -0.870. The highest BCUT2D eigenvalue weighted by molar-refractivity contribution is 7.85. The predicted molar refractivity (Wildman–Crippen MR) is 313 cm³/mol. The van der Waals surface area contributed by atoms with Crippen molar-refractivity contribution in [3.05, 3.63) is 121 Å². The Balaban J connectivity index is 0.878. The minimum atomic E-state index is -4.41. The van der Waals surface area contributed by atoms with Crippen molar-refractivity contribution in [2.24, 2.45) is 0 Å². The van der Waals surface area contributed by atoms with Crippen molar-refractivity contribution in [2.75, 3.05) is 73.3 Å². The van der Waals surface area contributed by atoms with Gasteiger partial charge in [0.25, 0.3) is 27.6 Å². The number of nitrogens with one attached hydrogen (secondary N) is 2. The number of nitrogens with zero attached hydrogens (tertiary/aromatic N) is 6. The van der Waals surface area contributed by atoms with Crippen molar-refractivity contribution in [3.8, 4) is 22.1 Å². The third-order valence-corrected chi connectivity index (χ3v) is 15.9. The summed E-state index contributed by atoms with van der Waals surface area (Å²) in [6.07, 6.45) is 6.64. The molecule has 456 valence electrons. The second-order valence-corrected chi connectivity index (χ2v) is 24.4. The Morgan fingerprint density at radius 1 is 0.988 bits per heavy atom. The van der Waals surface area contributed by atoms with Crippen LogP contribution in [-0.2, 0) is 45.3 Å². The van der Waals surface area contributed by atoms with Crippen molar-refractivity contribution < 1.29 is 83.3 Å². The quantitative estimate of drug-likeness (QED) is 0.00510. The lowest BCUT2D eigenvalue weighted by atomic mass is 9.89. The number of amides is 4. The van der Waals surface area contributed by atoms with Crippen LogP contribution >= 0.6 is 11.3 Å². The molecule has 0 radical (unpaired) electrons.